The van der Waals surface area contributed by atoms with Gasteiger partial charge in [-0.05, 0) is 30.5 Å². The molecule has 2 rings (SSSR count). The monoisotopic (exact) mass is 621 g/mol. The van der Waals surface area contributed by atoms with E-state index in [4.69, 9.17) is 32.7 Å². The van der Waals surface area contributed by atoms with Gasteiger partial charge in [-0.3, -0.25) is 24.0 Å². The molecule has 226 valence electrons. The molecule has 2 aromatic rings. The van der Waals surface area contributed by atoms with Crippen molar-refractivity contribution in [3.63, 3.8) is 0 Å². The van der Waals surface area contributed by atoms with Gasteiger partial charge in [0.25, 0.3) is 0 Å². The molecule has 0 aliphatic heterocycles. The first kappa shape index (κ1) is 34.4. The first-order valence-electron chi connectivity index (χ1n) is 13.2. The van der Waals surface area contributed by atoms with Gasteiger partial charge >= 0.3 is 17.9 Å². The predicted molar refractivity (Wildman–Crippen MR) is 154 cm³/mol. The number of ketones is 2. The summed E-state index contributed by atoms with van der Waals surface area (Å²) in [5.41, 5.74) is 0.642. The van der Waals surface area contributed by atoms with Crippen LogP contribution in [0.15, 0.2) is 48.5 Å². The SMILES string of the molecule is CC(C)[C@H](CC(=O)OCc1ccccc1)C(=O)N[C@@H](C)C(=O)C[C@@H](CC(=O)O)C(=O)COC(=O)c1c(Cl)cccc1Cl. The molecule has 0 aliphatic carbocycles. The Balaban J connectivity index is 1.97. The number of aliphatic carboxylic acids is 1. The number of carbonyl (C=O) groups is 6. The average Bonchev–Trinajstić information content (AvgIpc) is 2.93. The van der Waals surface area contributed by atoms with Crippen LogP contribution in [0.3, 0.4) is 0 Å². The number of nitrogens with one attached hydrogen (secondary N) is 1. The minimum Gasteiger partial charge on any atom is -0.481 e. The van der Waals surface area contributed by atoms with Gasteiger partial charge in [-0.2, -0.15) is 0 Å². The number of benzene rings is 2. The highest BCUT2D eigenvalue weighted by Gasteiger charge is 2.31. The lowest BCUT2D eigenvalue weighted by Crippen LogP contribution is -2.44. The minimum absolute atomic E-state index is 0.00550. The molecule has 1 amide bonds. The van der Waals surface area contributed by atoms with Crippen LogP contribution in [-0.2, 0) is 40.1 Å². The molecule has 0 saturated carbocycles. The highest BCUT2D eigenvalue weighted by molar-refractivity contribution is 6.39. The summed E-state index contributed by atoms with van der Waals surface area (Å²) < 4.78 is 10.3. The number of amides is 1. The van der Waals surface area contributed by atoms with E-state index in [1.165, 1.54) is 25.1 Å². The zero-order valence-corrected chi connectivity index (χ0v) is 24.9. The summed E-state index contributed by atoms with van der Waals surface area (Å²) in [6.45, 7) is 4.14. The van der Waals surface area contributed by atoms with Crippen LogP contribution in [0, 0.1) is 17.8 Å². The van der Waals surface area contributed by atoms with Crippen molar-refractivity contribution in [3.05, 3.63) is 69.7 Å². The van der Waals surface area contributed by atoms with Gasteiger partial charge in [0.1, 0.15) is 6.61 Å². The average molecular weight is 622 g/mol. The molecule has 0 spiro atoms. The van der Waals surface area contributed by atoms with Crippen LogP contribution in [0.2, 0.25) is 10.0 Å². The summed E-state index contributed by atoms with van der Waals surface area (Å²) in [7, 11) is 0. The maximum Gasteiger partial charge on any atom is 0.341 e. The fraction of sp³-hybridized carbons (Fsp3) is 0.400. The molecule has 0 aliphatic rings. The highest BCUT2D eigenvalue weighted by atomic mass is 35.5. The quantitative estimate of drug-likeness (QED) is 0.254. The maximum absolute atomic E-state index is 13.0. The van der Waals surface area contributed by atoms with Crippen LogP contribution in [0.1, 0.15) is 56.0 Å². The molecule has 0 unspecified atom stereocenters. The summed E-state index contributed by atoms with van der Waals surface area (Å²) in [6.07, 6.45) is -1.43. The molecular formula is C30H33Cl2NO9. The van der Waals surface area contributed by atoms with Crippen molar-refractivity contribution in [1.82, 2.24) is 5.32 Å². The molecule has 2 N–H and O–H groups in total. The van der Waals surface area contributed by atoms with Crippen molar-refractivity contribution in [2.24, 2.45) is 17.8 Å². The van der Waals surface area contributed by atoms with Crippen molar-refractivity contribution >= 4 is 58.6 Å². The molecule has 0 heterocycles. The van der Waals surface area contributed by atoms with Crippen LogP contribution in [-0.4, -0.2) is 53.1 Å². The lowest BCUT2D eigenvalue weighted by atomic mass is 9.90. The largest absolute Gasteiger partial charge is 0.481 e. The second kappa shape index (κ2) is 16.6. The minimum atomic E-state index is -1.34. The summed E-state index contributed by atoms with van der Waals surface area (Å²) >= 11 is 11.9. The van der Waals surface area contributed by atoms with Crippen LogP contribution in [0.5, 0.6) is 0 Å². The molecule has 12 heteroatoms. The van der Waals surface area contributed by atoms with Crippen molar-refractivity contribution in [2.45, 2.75) is 52.7 Å². The van der Waals surface area contributed by atoms with Crippen molar-refractivity contribution in [3.8, 4) is 0 Å². The number of hydrogen-bond acceptors (Lipinski definition) is 8. The van der Waals surface area contributed by atoms with E-state index in [0.29, 0.717) is 0 Å². The fourth-order valence-corrected chi connectivity index (χ4v) is 4.51. The number of carboxylic acids is 1. The van der Waals surface area contributed by atoms with Gasteiger partial charge in [-0.25, -0.2) is 4.79 Å². The van der Waals surface area contributed by atoms with Gasteiger partial charge in [-0.15, -0.1) is 0 Å². The second-order valence-corrected chi connectivity index (χ2v) is 10.8. The Morgan fingerprint density at radius 2 is 1.43 bits per heavy atom. The van der Waals surface area contributed by atoms with Crippen molar-refractivity contribution in [1.29, 1.82) is 0 Å². The van der Waals surface area contributed by atoms with Gasteiger partial charge in [0.15, 0.2) is 18.2 Å². The first-order chi connectivity index (χ1) is 19.8. The van der Waals surface area contributed by atoms with Gasteiger partial charge < -0.3 is 19.9 Å². The fourth-order valence-electron chi connectivity index (χ4n) is 3.96. The highest BCUT2D eigenvalue weighted by Crippen LogP contribution is 2.25. The zero-order valence-electron chi connectivity index (χ0n) is 23.4. The Kier molecular flexibility index (Phi) is 13.6. The van der Waals surface area contributed by atoms with E-state index in [-0.39, 0.29) is 34.6 Å². The number of halogens is 2. The van der Waals surface area contributed by atoms with E-state index in [1.807, 2.05) is 18.2 Å². The topological polar surface area (TPSA) is 153 Å². The number of Topliss-reactive ketones (excluding diaryl/α,β-unsaturated/α-hetero) is 2. The third kappa shape index (κ3) is 10.9. The first-order valence-corrected chi connectivity index (χ1v) is 13.9. The van der Waals surface area contributed by atoms with Crippen LogP contribution >= 0.6 is 23.2 Å². The van der Waals surface area contributed by atoms with Gasteiger partial charge in [0.05, 0.1) is 40.4 Å². The molecule has 0 radical (unpaired) electrons. The van der Waals surface area contributed by atoms with E-state index < -0.39 is 72.7 Å². The van der Waals surface area contributed by atoms with E-state index in [1.54, 1.807) is 26.0 Å². The Hall–Kier alpha value is -3.76. The van der Waals surface area contributed by atoms with Gasteiger partial charge in [0, 0.05) is 12.3 Å². The van der Waals surface area contributed by atoms with Crippen molar-refractivity contribution in [2.75, 3.05) is 6.61 Å². The number of carboxylic acid groups (broad SMARTS) is 1. The Morgan fingerprint density at radius 1 is 0.810 bits per heavy atom. The summed E-state index contributed by atoms with van der Waals surface area (Å²) in [4.78, 5) is 74.8. The van der Waals surface area contributed by atoms with Crippen LogP contribution in [0.4, 0.5) is 0 Å². The summed E-state index contributed by atoms with van der Waals surface area (Å²) in [6, 6.07) is 12.3. The summed E-state index contributed by atoms with van der Waals surface area (Å²) in [5, 5.41) is 11.8. The van der Waals surface area contributed by atoms with E-state index in [0.717, 1.165) is 5.56 Å². The van der Waals surface area contributed by atoms with Gasteiger partial charge in [-0.1, -0.05) is 73.4 Å². The lowest BCUT2D eigenvalue weighted by molar-refractivity contribution is -0.149. The Morgan fingerprint density at radius 3 is 2.00 bits per heavy atom. The van der Waals surface area contributed by atoms with E-state index in [9.17, 15) is 33.9 Å². The number of esters is 2. The van der Waals surface area contributed by atoms with Crippen molar-refractivity contribution < 1.29 is 43.3 Å². The van der Waals surface area contributed by atoms with E-state index >= 15 is 0 Å². The Bertz CT molecular complexity index is 1280. The lowest BCUT2D eigenvalue weighted by Gasteiger charge is -2.23. The predicted octanol–water partition coefficient (Wildman–Crippen LogP) is 4.68. The number of rotatable bonds is 16. The van der Waals surface area contributed by atoms with Gasteiger partial charge in [0.2, 0.25) is 5.91 Å². The zero-order chi connectivity index (χ0) is 31.4. The second-order valence-electron chi connectivity index (χ2n) is 10.0. The molecule has 10 nitrogen and oxygen atoms in total. The number of ether oxygens (including phenoxy) is 2. The number of hydrogen-bond donors (Lipinski definition) is 2. The molecular weight excluding hydrogens is 589 g/mol. The molecule has 0 bridgehead atoms. The standard InChI is InChI=1S/C30H33Cl2NO9/c1-17(2)21(14-27(38)41-15-19-8-5-4-6-9-19)29(39)33-18(3)24(34)12-20(13-26(36)37)25(35)16-42-30(40)28-22(31)10-7-11-23(28)32/h4-11,17-18,20-21H,12-16H2,1-3H3,(H,33,39)(H,36,37)/t18-,20-,21-/m0/s1. The van der Waals surface area contributed by atoms with Crippen LogP contribution < -0.4 is 5.32 Å². The third-order valence-electron chi connectivity index (χ3n) is 6.45. The third-order valence-corrected chi connectivity index (χ3v) is 7.08. The smallest absolute Gasteiger partial charge is 0.341 e. The number of carbonyl (C=O) groups excluding carboxylic acids is 5. The molecule has 0 aromatic heterocycles. The van der Waals surface area contributed by atoms with Crippen LogP contribution in [0.25, 0.3) is 0 Å². The molecule has 42 heavy (non-hydrogen) atoms. The Labute approximate surface area is 253 Å². The maximum atomic E-state index is 13.0. The molecule has 0 fully saturated rings. The molecule has 0 saturated heterocycles. The normalized spacial score (nSPS) is 13.0. The van der Waals surface area contributed by atoms with E-state index in [2.05, 4.69) is 5.32 Å². The summed E-state index contributed by atoms with van der Waals surface area (Å²) in [5.74, 6) is -7.26. The molecule has 2 aromatic carbocycles. The molecule has 3 atom stereocenters.